The molecule has 4 nitrogen and oxygen atoms in total. The zero-order valence-electron chi connectivity index (χ0n) is 14.9. The first-order chi connectivity index (χ1) is 13.5. The quantitative estimate of drug-likeness (QED) is 0.337. The van der Waals surface area contributed by atoms with Crippen LogP contribution in [-0.4, -0.2) is 11.8 Å². The Kier molecular flexibility index (Phi) is 4.72. The fourth-order valence-corrected chi connectivity index (χ4v) is 3.14. The monoisotopic (exact) mass is 390 g/mol. The number of ether oxygens (including phenoxy) is 2. The average Bonchev–Trinajstić information content (AvgIpc) is 3.01. The smallest absolute Gasteiger partial charge is 0.343 e. The molecule has 0 aliphatic carbocycles. The maximum Gasteiger partial charge on any atom is 0.343 e. The van der Waals surface area contributed by atoms with Crippen molar-refractivity contribution in [1.29, 1.82) is 0 Å². The van der Waals surface area contributed by atoms with E-state index < -0.39 is 5.97 Å². The summed E-state index contributed by atoms with van der Waals surface area (Å²) in [5, 5.41) is 0.449. The minimum atomic E-state index is -0.532. The van der Waals surface area contributed by atoms with Gasteiger partial charge < -0.3 is 9.47 Å². The van der Waals surface area contributed by atoms with Crippen molar-refractivity contribution in [3.05, 3.63) is 99.8 Å². The molecule has 1 aliphatic rings. The lowest BCUT2D eigenvalue weighted by Crippen LogP contribution is -2.09. The van der Waals surface area contributed by atoms with Crippen LogP contribution in [0, 0.1) is 6.92 Å². The van der Waals surface area contributed by atoms with E-state index in [2.05, 4.69) is 0 Å². The maximum atomic E-state index is 12.6. The van der Waals surface area contributed by atoms with Crippen molar-refractivity contribution in [3.63, 3.8) is 0 Å². The normalized spacial score (nSPS) is 13.9. The molecule has 0 amide bonds. The van der Waals surface area contributed by atoms with Gasteiger partial charge in [-0.05, 0) is 48.9 Å². The second kappa shape index (κ2) is 7.33. The second-order valence-corrected chi connectivity index (χ2v) is 6.75. The number of fused-ring (bicyclic) bond motifs is 1. The number of ketones is 1. The number of hydrogen-bond donors (Lipinski definition) is 0. The Morgan fingerprint density at radius 2 is 1.82 bits per heavy atom. The molecule has 4 rings (SSSR count). The molecule has 138 valence electrons. The number of halogens is 1. The van der Waals surface area contributed by atoms with Crippen LogP contribution in [0.25, 0.3) is 6.08 Å². The first kappa shape index (κ1) is 18.0. The molecule has 0 unspecified atom stereocenters. The van der Waals surface area contributed by atoms with Gasteiger partial charge in [0.05, 0.1) is 11.1 Å². The third-order valence-electron chi connectivity index (χ3n) is 4.40. The molecule has 1 aliphatic heterocycles. The number of Topliss-reactive ketones (excluding diaryl/α,β-unsaturated/α-hetero) is 1. The Morgan fingerprint density at radius 1 is 1.04 bits per heavy atom. The number of hydrogen-bond acceptors (Lipinski definition) is 4. The highest BCUT2D eigenvalue weighted by Crippen LogP contribution is 2.39. The Morgan fingerprint density at radius 3 is 2.57 bits per heavy atom. The summed E-state index contributed by atoms with van der Waals surface area (Å²) in [6, 6.07) is 19.2. The number of carbonyl (C=O) groups excluding carboxylic acids is 2. The van der Waals surface area contributed by atoms with Gasteiger partial charge in [0.15, 0.2) is 5.76 Å². The van der Waals surface area contributed by atoms with Gasteiger partial charge in [0, 0.05) is 10.6 Å². The molecule has 0 spiro atoms. The maximum absolute atomic E-state index is 12.6. The molecule has 0 saturated heterocycles. The van der Waals surface area contributed by atoms with Crippen molar-refractivity contribution in [2.75, 3.05) is 0 Å². The van der Waals surface area contributed by atoms with Crippen LogP contribution < -0.4 is 9.47 Å². The molecule has 3 aromatic rings. The van der Waals surface area contributed by atoms with Crippen LogP contribution in [0.3, 0.4) is 0 Å². The van der Waals surface area contributed by atoms with Crippen LogP contribution in [0.1, 0.15) is 31.8 Å². The first-order valence-electron chi connectivity index (χ1n) is 8.63. The van der Waals surface area contributed by atoms with E-state index in [1.165, 1.54) is 6.07 Å². The molecular weight excluding hydrogens is 376 g/mol. The number of esters is 1. The first-order valence-corrected chi connectivity index (χ1v) is 9.01. The summed E-state index contributed by atoms with van der Waals surface area (Å²) in [6.07, 6.45) is 1.69. The molecule has 0 radical (unpaired) electrons. The number of allylic oxidation sites excluding steroid dienone is 1. The molecule has 5 heteroatoms. The van der Waals surface area contributed by atoms with E-state index in [0.29, 0.717) is 33.2 Å². The van der Waals surface area contributed by atoms with Crippen LogP contribution in [-0.2, 0) is 0 Å². The molecule has 0 fully saturated rings. The molecular formula is C23H15ClO4. The minimum absolute atomic E-state index is 0.199. The van der Waals surface area contributed by atoms with Crippen molar-refractivity contribution in [3.8, 4) is 11.5 Å². The predicted molar refractivity (Wildman–Crippen MR) is 107 cm³/mol. The number of carbonyl (C=O) groups is 2. The zero-order valence-corrected chi connectivity index (χ0v) is 15.7. The molecule has 28 heavy (non-hydrogen) atoms. The summed E-state index contributed by atoms with van der Waals surface area (Å²) in [5.41, 5.74) is 2.23. The van der Waals surface area contributed by atoms with E-state index in [9.17, 15) is 9.59 Å². The highest BCUT2D eigenvalue weighted by atomic mass is 35.5. The standard InChI is InChI=1S/C23H15ClO4/c1-14-19(28-23(26)16-8-5-9-17(24)13-16)11-10-18-21(25)20(27-22(14)18)12-15-6-3-2-4-7-15/h2-13H,1H3/b20-12-. The van der Waals surface area contributed by atoms with Crippen LogP contribution in [0.4, 0.5) is 0 Å². The van der Waals surface area contributed by atoms with Crippen molar-refractivity contribution in [1.82, 2.24) is 0 Å². The van der Waals surface area contributed by atoms with Crippen molar-refractivity contribution in [2.24, 2.45) is 0 Å². The SMILES string of the molecule is Cc1c(OC(=O)c2cccc(Cl)c2)ccc2c1O/C(=C\c1ccccc1)C2=O. The molecule has 0 saturated carbocycles. The van der Waals surface area contributed by atoms with Gasteiger partial charge in [-0.25, -0.2) is 4.79 Å². The number of rotatable bonds is 3. The summed E-state index contributed by atoms with van der Waals surface area (Å²) in [5.74, 6) is 0.244. The van der Waals surface area contributed by atoms with Crippen molar-refractivity contribution < 1.29 is 19.1 Å². The summed E-state index contributed by atoms with van der Waals surface area (Å²) in [7, 11) is 0. The fraction of sp³-hybridized carbons (Fsp3) is 0.0435. The lowest BCUT2D eigenvalue weighted by molar-refractivity contribution is 0.0733. The highest BCUT2D eigenvalue weighted by Gasteiger charge is 2.30. The van der Waals surface area contributed by atoms with Crippen LogP contribution in [0.15, 0.2) is 72.5 Å². The molecule has 0 atom stereocenters. The molecule has 0 bridgehead atoms. The fourth-order valence-electron chi connectivity index (χ4n) is 2.95. The molecule has 3 aromatic carbocycles. The number of benzene rings is 3. The van der Waals surface area contributed by atoms with Crippen LogP contribution >= 0.6 is 11.6 Å². The van der Waals surface area contributed by atoms with Gasteiger partial charge in [0.2, 0.25) is 5.78 Å². The topological polar surface area (TPSA) is 52.6 Å². The van der Waals surface area contributed by atoms with Gasteiger partial charge in [-0.2, -0.15) is 0 Å². The van der Waals surface area contributed by atoms with Gasteiger partial charge in [0.25, 0.3) is 0 Å². The van der Waals surface area contributed by atoms with E-state index in [-0.39, 0.29) is 11.5 Å². The summed E-state index contributed by atoms with van der Waals surface area (Å²) >= 11 is 5.93. The Labute approximate surface area is 167 Å². The van der Waals surface area contributed by atoms with Gasteiger partial charge in [-0.15, -0.1) is 0 Å². The lowest BCUT2D eigenvalue weighted by atomic mass is 10.1. The van der Waals surface area contributed by atoms with Crippen LogP contribution in [0.5, 0.6) is 11.5 Å². The van der Waals surface area contributed by atoms with Gasteiger partial charge in [-0.3, -0.25) is 4.79 Å². The van der Waals surface area contributed by atoms with Gasteiger partial charge in [0.1, 0.15) is 11.5 Å². The summed E-state index contributed by atoms with van der Waals surface area (Å²) < 4.78 is 11.3. The third kappa shape index (κ3) is 3.42. The Bertz CT molecular complexity index is 1120. The highest BCUT2D eigenvalue weighted by molar-refractivity contribution is 6.30. The zero-order chi connectivity index (χ0) is 19.7. The van der Waals surface area contributed by atoms with E-state index in [1.807, 2.05) is 30.3 Å². The Balaban J connectivity index is 1.62. The van der Waals surface area contributed by atoms with E-state index in [4.69, 9.17) is 21.1 Å². The summed E-state index contributed by atoms with van der Waals surface area (Å²) in [6.45, 7) is 1.75. The lowest BCUT2D eigenvalue weighted by Gasteiger charge is -2.10. The predicted octanol–water partition coefficient (Wildman–Crippen LogP) is 5.48. The summed E-state index contributed by atoms with van der Waals surface area (Å²) in [4.78, 5) is 25.0. The van der Waals surface area contributed by atoms with Gasteiger partial charge >= 0.3 is 5.97 Å². The third-order valence-corrected chi connectivity index (χ3v) is 4.63. The van der Waals surface area contributed by atoms with Crippen molar-refractivity contribution >= 4 is 29.4 Å². The van der Waals surface area contributed by atoms with E-state index in [0.717, 1.165) is 5.56 Å². The molecule has 0 N–H and O–H groups in total. The largest absolute Gasteiger partial charge is 0.452 e. The van der Waals surface area contributed by atoms with Crippen LogP contribution in [0.2, 0.25) is 5.02 Å². The second-order valence-electron chi connectivity index (χ2n) is 6.32. The Hall–Kier alpha value is -3.37. The van der Waals surface area contributed by atoms with Crippen molar-refractivity contribution in [2.45, 2.75) is 6.92 Å². The van der Waals surface area contributed by atoms with E-state index in [1.54, 1.807) is 43.3 Å². The van der Waals surface area contributed by atoms with Gasteiger partial charge in [-0.1, -0.05) is 48.0 Å². The van der Waals surface area contributed by atoms with E-state index >= 15 is 0 Å². The average molecular weight is 391 g/mol. The molecule has 1 heterocycles. The molecule has 0 aromatic heterocycles. The minimum Gasteiger partial charge on any atom is -0.452 e.